The maximum Gasteiger partial charge on any atom is 0.349 e. The zero-order chi connectivity index (χ0) is 18.8. The average Bonchev–Trinajstić information content (AvgIpc) is 3.23. The lowest BCUT2D eigenvalue weighted by atomic mass is 10.2. The van der Waals surface area contributed by atoms with Gasteiger partial charge in [0, 0.05) is 19.0 Å². The summed E-state index contributed by atoms with van der Waals surface area (Å²) in [5.74, 6) is -0.912. The molecule has 0 fully saturated rings. The van der Waals surface area contributed by atoms with Crippen molar-refractivity contribution in [3.05, 3.63) is 49.5 Å². The Morgan fingerprint density at radius 2 is 2.15 bits per heavy atom. The number of thiophene rings is 2. The van der Waals surface area contributed by atoms with Gasteiger partial charge in [0.15, 0.2) is 6.61 Å². The van der Waals surface area contributed by atoms with Crippen LogP contribution in [0.15, 0.2) is 28.6 Å². The summed E-state index contributed by atoms with van der Waals surface area (Å²) in [4.78, 5) is 44.2. The van der Waals surface area contributed by atoms with Crippen molar-refractivity contribution >= 4 is 44.8 Å². The third-order valence-corrected chi connectivity index (χ3v) is 5.96. The van der Waals surface area contributed by atoms with Gasteiger partial charge in [-0.05, 0) is 23.9 Å². The molecule has 0 aromatic carbocycles. The van der Waals surface area contributed by atoms with Crippen LogP contribution in [-0.4, -0.2) is 40.0 Å². The van der Waals surface area contributed by atoms with Gasteiger partial charge in [0.2, 0.25) is 0 Å². The molecule has 0 saturated carbocycles. The molecule has 3 rings (SSSR count). The first-order valence-electron chi connectivity index (χ1n) is 7.76. The molecule has 0 bridgehead atoms. The van der Waals surface area contributed by atoms with E-state index in [-0.39, 0.29) is 18.1 Å². The highest BCUT2D eigenvalue weighted by Crippen LogP contribution is 2.27. The molecule has 9 heteroatoms. The molecule has 0 N–H and O–H groups in total. The lowest BCUT2D eigenvalue weighted by molar-refractivity contribution is -0.133. The number of carbonyl (C=O) groups excluding carboxylic acids is 2. The van der Waals surface area contributed by atoms with Crippen molar-refractivity contribution < 1.29 is 14.3 Å². The van der Waals surface area contributed by atoms with Gasteiger partial charge in [0.05, 0.1) is 18.3 Å². The van der Waals surface area contributed by atoms with Gasteiger partial charge in [-0.25, -0.2) is 9.78 Å². The zero-order valence-corrected chi connectivity index (χ0v) is 16.1. The van der Waals surface area contributed by atoms with E-state index in [4.69, 9.17) is 4.74 Å². The van der Waals surface area contributed by atoms with Crippen molar-refractivity contribution in [2.24, 2.45) is 7.05 Å². The summed E-state index contributed by atoms with van der Waals surface area (Å²) in [6.45, 7) is 1.80. The van der Waals surface area contributed by atoms with Gasteiger partial charge in [-0.1, -0.05) is 6.07 Å². The van der Waals surface area contributed by atoms with Gasteiger partial charge >= 0.3 is 5.97 Å². The summed E-state index contributed by atoms with van der Waals surface area (Å²) in [5, 5.41) is 2.35. The van der Waals surface area contributed by atoms with Crippen LogP contribution >= 0.6 is 22.7 Å². The minimum Gasteiger partial charge on any atom is -0.451 e. The minimum absolute atomic E-state index is 0.213. The maximum atomic E-state index is 12.4. The van der Waals surface area contributed by atoms with E-state index in [0.29, 0.717) is 27.2 Å². The fourth-order valence-corrected chi connectivity index (χ4v) is 4.22. The lowest BCUT2D eigenvalue weighted by Crippen LogP contribution is -2.30. The first kappa shape index (κ1) is 18.3. The number of hydrogen-bond donors (Lipinski definition) is 0. The highest BCUT2D eigenvalue weighted by atomic mass is 32.1. The van der Waals surface area contributed by atoms with Gasteiger partial charge in [0.1, 0.15) is 9.71 Å². The predicted octanol–water partition coefficient (Wildman–Crippen LogP) is 2.18. The van der Waals surface area contributed by atoms with Gasteiger partial charge < -0.3 is 14.2 Å². The number of hydrogen-bond acceptors (Lipinski definition) is 7. The Labute approximate surface area is 157 Å². The van der Waals surface area contributed by atoms with Crippen LogP contribution in [0.2, 0.25) is 0 Å². The molecular formula is C17H17N3O4S2. The molecule has 1 amide bonds. The van der Waals surface area contributed by atoms with Crippen LogP contribution in [0, 0.1) is 6.92 Å². The fraction of sp³-hybridized carbons (Fsp3) is 0.294. The summed E-state index contributed by atoms with van der Waals surface area (Å²) in [7, 11) is 3.26. The Morgan fingerprint density at radius 3 is 2.85 bits per heavy atom. The number of aryl methyl sites for hydroxylation is 2. The highest BCUT2D eigenvalue weighted by molar-refractivity contribution is 7.20. The summed E-state index contributed by atoms with van der Waals surface area (Å²) in [6.07, 6.45) is 1.42. The molecule has 7 nitrogen and oxygen atoms in total. The number of aromatic nitrogens is 2. The van der Waals surface area contributed by atoms with E-state index in [1.54, 1.807) is 32.4 Å². The summed E-state index contributed by atoms with van der Waals surface area (Å²) in [5.41, 5.74) is 0.317. The Morgan fingerprint density at radius 1 is 1.38 bits per heavy atom. The largest absolute Gasteiger partial charge is 0.451 e. The Bertz CT molecular complexity index is 1020. The second-order valence-electron chi connectivity index (χ2n) is 5.80. The third-order valence-electron chi connectivity index (χ3n) is 3.92. The molecule has 0 aliphatic carbocycles. The lowest BCUT2D eigenvalue weighted by Gasteiger charge is -2.16. The van der Waals surface area contributed by atoms with Crippen molar-refractivity contribution in [2.75, 3.05) is 13.7 Å². The van der Waals surface area contributed by atoms with Crippen LogP contribution in [0.3, 0.4) is 0 Å². The van der Waals surface area contributed by atoms with Crippen LogP contribution in [0.5, 0.6) is 0 Å². The van der Waals surface area contributed by atoms with E-state index in [1.807, 2.05) is 17.5 Å². The quantitative estimate of drug-likeness (QED) is 0.623. The number of fused-ring (bicyclic) bond motifs is 1. The summed E-state index contributed by atoms with van der Waals surface area (Å²) in [6, 6.07) is 3.86. The number of rotatable bonds is 5. The first-order valence-corrected chi connectivity index (χ1v) is 9.46. The molecule has 136 valence electrons. The third kappa shape index (κ3) is 3.54. The normalized spacial score (nSPS) is 10.9. The van der Waals surface area contributed by atoms with E-state index in [2.05, 4.69) is 4.98 Å². The molecule has 0 radical (unpaired) electrons. The summed E-state index contributed by atoms with van der Waals surface area (Å²) >= 11 is 2.65. The molecule has 0 atom stereocenters. The molecule has 3 aromatic heterocycles. The fourth-order valence-electron chi connectivity index (χ4n) is 2.43. The Hall–Kier alpha value is -2.52. The zero-order valence-electron chi connectivity index (χ0n) is 14.5. The molecule has 0 aliphatic rings. The minimum atomic E-state index is -0.620. The Balaban J connectivity index is 1.69. The first-order chi connectivity index (χ1) is 12.4. The number of amides is 1. The van der Waals surface area contributed by atoms with Crippen molar-refractivity contribution in [2.45, 2.75) is 13.5 Å². The monoisotopic (exact) mass is 391 g/mol. The SMILES string of the molecule is Cc1c(C(=O)OCC(=O)N(C)Cc2cccs2)sc2ncn(C)c(=O)c12. The molecule has 0 spiro atoms. The predicted molar refractivity (Wildman–Crippen MR) is 101 cm³/mol. The number of ether oxygens (including phenoxy) is 1. The molecule has 0 aliphatic heterocycles. The second-order valence-corrected chi connectivity index (χ2v) is 7.83. The van der Waals surface area contributed by atoms with Crippen LogP contribution in [-0.2, 0) is 23.1 Å². The van der Waals surface area contributed by atoms with Gasteiger partial charge in [-0.15, -0.1) is 22.7 Å². The van der Waals surface area contributed by atoms with Crippen LogP contribution < -0.4 is 5.56 Å². The molecule has 3 aromatic rings. The van der Waals surface area contributed by atoms with Gasteiger partial charge in [-0.3, -0.25) is 9.59 Å². The second kappa shape index (κ2) is 7.38. The summed E-state index contributed by atoms with van der Waals surface area (Å²) < 4.78 is 6.52. The van der Waals surface area contributed by atoms with E-state index in [9.17, 15) is 14.4 Å². The number of nitrogens with zero attached hydrogens (tertiary/aromatic N) is 3. The Kier molecular flexibility index (Phi) is 5.19. The van der Waals surface area contributed by atoms with E-state index in [0.717, 1.165) is 16.2 Å². The van der Waals surface area contributed by atoms with Crippen molar-refractivity contribution in [3.8, 4) is 0 Å². The van der Waals surface area contributed by atoms with Crippen LogP contribution in [0.25, 0.3) is 10.2 Å². The van der Waals surface area contributed by atoms with Crippen molar-refractivity contribution in [3.63, 3.8) is 0 Å². The van der Waals surface area contributed by atoms with Gasteiger partial charge in [0.25, 0.3) is 11.5 Å². The van der Waals surface area contributed by atoms with E-state index in [1.165, 1.54) is 15.8 Å². The van der Waals surface area contributed by atoms with E-state index < -0.39 is 5.97 Å². The molecule has 0 unspecified atom stereocenters. The smallest absolute Gasteiger partial charge is 0.349 e. The van der Waals surface area contributed by atoms with Crippen LogP contribution in [0.1, 0.15) is 20.1 Å². The van der Waals surface area contributed by atoms with Crippen molar-refractivity contribution in [1.29, 1.82) is 0 Å². The maximum absolute atomic E-state index is 12.4. The van der Waals surface area contributed by atoms with Gasteiger partial charge in [-0.2, -0.15) is 0 Å². The number of esters is 1. The number of likely N-dealkylation sites (N-methyl/N-ethyl adjacent to an activating group) is 1. The molecule has 0 saturated heterocycles. The molecular weight excluding hydrogens is 374 g/mol. The standard InChI is InChI=1S/C17H17N3O4S2/c1-10-13-15(18-9-20(3)16(13)22)26-14(10)17(23)24-8-12(21)19(2)7-11-5-4-6-25-11/h4-6,9H,7-8H2,1-3H3. The van der Waals surface area contributed by atoms with Crippen molar-refractivity contribution in [1.82, 2.24) is 14.5 Å². The molecule has 3 heterocycles. The topological polar surface area (TPSA) is 81.5 Å². The molecule has 26 heavy (non-hydrogen) atoms. The van der Waals surface area contributed by atoms with E-state index >= 15 is 0 Å². The highest BCUT2D eigenvalue weighted by Gasteiger charge is 2.21. The number of carbonyl (C=O) groups is 2. The average molecular weight is 391 g/mol. The van der Waals surface area contributed by atoms with Crippen LogP contribution in [0.4, 0.5) is 0 Å².